The Morgan fingerprint density at radius 1 is 1.00 bits per heavy atom. The second kappa shape index (κ2) is 5.09. The van der Waals surface area contributed by atoms with Crippen LogP contribution in [0.5, 0.6) is 0 Å². The summed E-state index contributed by atoms with van der Waals surface area (Å²) in [7, 11) is 0. The molecule has 3 rings (SSSR count). The summed E-state index contributed by atoms with van der Waals surface area (Å²) < 4.78 is 0. The third kappa shape index (κ3) is 2.14. The monoisotopic (exact) mass is 240 g/mol. The summed E-state index contributed by atoms with van der Waals surface area (Å²) in [5, 5.41) is 17.3. The molecule has 18 heavy (non-hydrogen) atoms. The van der Waals surface area contributed by atoms with Crippen LogP contribution in [0.4, 0.5) is 0 Å². The molecule has 1 fully saturated rings. The Balaban J connectivity index is 1.97. The van der Waals surface area contributed by atoms with E-state index in [9.17, 15) is 5.11 Å². The van der Waals surface area contributed by atoms with Crippen LogP contribution in [0, 0.1) is 5.92 Å². The summed E-state index contributed by atoms with van der Waals surface area (Å²) in [4.78, 5) is 0. The van der Waals surface area contributed by atoms with Crippen LogP contribution in [0.1, 0.15) is 24.5 Å². The van der Waals surface area contributed by atoms with Crippen LogP contribution in [-0.2, 0) is 0 Å². The Morgan fingerprint density at radius 3 is 2.56 bits per heavy atom. The molecule has 0 aliphatic carbocycles. The predicted octanol–water partition coefficient (Wildman–Crippen LogP) is 2.89. The SMILES string of the molecule is OC(c1cccc2ccccc12)C1CC[N]CC1. The van der Waals surface area contributed by atoms with E-state index in [-0.39, 0.29) is 6.10 Å². The van der Waals surface area contributed by atoms with Crippen molar-refractivity contribution in [2.24, 2.45) is 5.92 Å². The Bertz CT molecular complexity index is 526. The normalized spacial score (nSPS) is 18.9. The fraction of sp³-hybridized carbons (Fsp3) is 0.375. The van der Waals surface area contributed by atoms with Gasteiger partial charge in [-0.1, -0.05) is 42.5 Å². The first kappa shape index (κ1) is 11.7. The number of aliphatic hydroxyl groups excluding tert-OH is 1. The second-order valence-corrected chi connectivity index (χ2v) is 5.02. The first-order valence-electron chi connectivity index (χ1n) is 6.65. The van der Waals surface area contributed by atoms with Crippen molar-refractivity contribution in [1.82, 2.24) is 5.32 Å². The van der Waals surface area contributed by atoms with Crippen LogP contribution in [0.15, 0.2) is 42.5 Å². The molecule has 1 radical (unpaired) electrons. The van der Waals surface area contributed by atoms with Crippen molar-refractivity contribution in [3.05, 3.63) is 48.0 Å². The number of hydrogen-bond acceptors (Lipinski definition) is 1. The molecule has 2 nitrogen and oxygen atoms in total. The summed E-state index contributed by atoms with van der Waals surface area (Å²) >= 11 is 0. The first-order chi connectivity index (χ1) is 8.86. The van der Waals surface area contributed by atoms with E-state index in [4.69, 9.17) is 0 Å². The molecular formula is C16H18NO. The van der Waals surface area contributed by atoms with Gasteiger partial charge >= 0.3 is 0 Å². The lowest BCUT2D eigenvalue weighted by atomic mass is 9.86. The maximum Gasteiger partial charge on any atom is 0.0825 e. The molecule has 0 saturated carbocycles. The molecule has 2 heteroatoms. The lowest BCUT2D eigenvalue weighted by molar-refractivity contribution is 0.0896. The zero-order valence-corrected chi connectivity index (χ0v) is 10.4. The van der Waals surface area contributed by atoms with Gasteiger partial charge in [-0.05, 0) is 35.1 Å². The summed E-state index contributed by atoms with van der Waals surface area (Å²) in [6.45, 7) is 1.79. The average molecular weight is 240 g/mol. The van der Waals surface area contributed by atoms with E-state index >= 15 is 0 Å². The van der Waals surface area contributed by atoms with Crippen molar-refractivity contribution in [2.45, 2.75) is 18.9 Å². The Hall–Kier alpha value is -1.38. The average Bonchev–Trinajstić information content (AvgIpc) is 2.47. The first-order valence-corrected chi connectivity index (χ1v) is 6.65. The Labute approximate surface area is 108 Å². The summed E-state index contributed by atoms with van der Waals surface area (Å²) in [5.74, 6) is 0.355. The van der Waals surface area contributed by atoms with Crippen LogP contribution in [0.25, 0.3) is 10.8 Å². The van der Waals surface area contributed by atoms with Crippen molar-refractivity contribution in [2.75, 3.05) is 13.1 Å². The quantitative estimate of drug-likeness (QED) is 0.860. The molecule has 1 aliphatic rings. The molecule has 1 N–H and O–H groups in total. The zero-order chi connectivity index (χ0) is 12.4. The largest absolute Gasteiger partial charge is 0.388 e. The molecule has 1 aliphatic heterocycles. The number of nitrogens with zero attached hydrogens (tertiary/aromatic N) is 1. The molecule has 0 amide bonds. The molecule has 2 aromatic carbocycles. The molecule has 0 bridgehead atoms. The minimum absolute atomic E-state index is 0.355. The highest BCUT2D eigenvalue weighted by Crippen LogP contribution is 2.33. The van der Waals surface area contributed by atoms with E-state index in [1.807, 2.05) is 18.2 Å². The van der Waals surface area contributed by atoms with Crippen LogP contribution in [0.2, 0.25) is 0 Å². The van der Waals surface area contributed by atoms with E-state index in [0.29, 0.717) is 5.92 Å². The lowest BCUT2D eigenvalue weighted by Gasteiger charge is -2.27. The number of piperidine rings is 1. The molecule has 93 valence electrons. The molecular weight excluding hydrogens is 222 g/mol. The minimum Gasteiger partial charge on any atom is -0.388 e. The highest BCUT2D eigenvalue weighted by atomic mass is 16.3. The maximum absolute atomic E-state index is 10.6. The van der Waals surface area contributed by atoms with Gasteiger partial charge in [0.15, 0.2) is 0 Å². The molecule has 0 spiro atoms. The van der Waals surface area contributed by atoms with Gasteiger partial charge in [-0.25, -0.2) is 5.32 Å². The van der Waals surface area contributed by atoms with E-state index in [1.54, 1.807) is 0 Å². The summed E-state index contributed by atoms with van der Waals surface area (Å²) in [6, 6.07) is 14.5. The van der Waals surface area contributed by atoms with Gasteiger partial charge in [0, 0.05) is 13.1 Å². The van der Waals surface area contributed by atoms with Gasteiger partial charge in [-0.3, -0.25) is 0 Å². The Morgan fingerprint density at radius 2 is 1.72 bits per heavy atom. The number of fused-ring (bicyclic) bond motifs is 1. The van der Waals surface area contributed by atoms with Crippen LogP contribution in [-0.4, -0.2) is 18.2 Å². The molecule has 1 unspecified atom stereocenters. The van der Waals surface area contributed by atoms with Crippen molar-refractivity contribution in [3.8, 4) is 0 Å². The lowest BCUT2D eigenvalue weighted by Crippen LogP contribution is -2.26. The van der Waals surface area contributed by atoms with Crippen LogP contribution < -0.4 is 5.32 Å². The zero-order valence-electron chi connectivity index (χ0n) is 10.4. The van der Waals surface area contributed by atoms with Crippen molar-refractivity contribution < 1.29 is 5.11 Å². The second-order valence-electron chi connectivity index (χ2n) is 5.02. The fourth-order valence-corrected chi connectivity index (χ4v) is 2.85. The number of aliphatic hydroxyl groups is 1. The number of rotatable bonds is 2. The fourth-order valence-electron chi connectivity index (χ4n) is 2.85. The smallest absolute Gasteiger partial charge is 0.0825 e. The van der Waals surface area contributed by atoms with E-state index < -0.39 is 0 Å². The van der Waals surface area contributed by atoms with Crippen LogP contribution >= 0.6 is 0 Å². The van der Waals surface area contributed by atoms with Gasteiger partial charge in [-0.2, -0.15) is 0 Å². The summed E-state index contributed by atoms with van der Waals surface area (Å²) in [6.07, 6.45) is 1.65. The standard InChI is InChI=1S/C16H18NO/c18-16(13-8-10-17-11-9-13)15-7-3-5-12-4-1-2-6-14(12)15/h1-7,13,16,18H,8-11H2. The Kier molecular flexibility index (Phi) is 3.31. The van der Waals surface area contributed by atoms with E-state index in [2.05, 4.69) is 29.6 Å². The topological polar surface area (TPSA) is 34.3 Å². The third-order valence-electron chi connectivity index (χ3n) is 3.90. The maximum atomic E-state index is 10.6. The van der Waals surface area contributed by atoms with Gasteiger partial charge in [0.05, 0.1) is 6.10 Å². The van der Waals surface area contributed by atoms with Gasteiger partial charge in [0.2, 0.25) is 0 Å². The molecule has 1 heterocycles. The van der Waals surface area contributed by atoms with Crippen molar-refractivity contribution in [1.29, 1.82) is 0 Å². The van der Waals surface area contributed by atoms with Crippen LogP contribution in [0.3, 0.4) is 0 Å². The van der Waals surface area contributed by atoms with E-state index in [0.717, 1.165) is 31.5 Å². The summed E-state index contributed by atoms with van der Waals surface area (Å²) in [5.41, 5.74) is 1.07. The van der Waals surface area contributed by atoms with Gasteiger partial charge < -0.3 is 5.11 Å². The molecule has 0 aromatic heterocycles. The third-order valence-corrected chi connectivity index (χ3v) is 3.90. The highest BCUT2D eigenvalue weighted by Gasteiger charge is 2.24. The number of benzene rings is 2. The van der Waals surface area contributed by atoms with Gasteiger partial charge in [-0.15, -0.1) is 0 Å². The highest BCUT2D eigenvalue weighted by molar-refractivity contribution is 5.85. The minimum atomic E-state index is -0.355. The molecule has 1 saturated heterocycles. The predicted molar refractivity (Wildman–Crippen MR) is 73.5 cm³/mol. The van der Waals surface area contributed by atoms with Crippen molar-refractivity contribution >= 4 is 10.8 Å². The van der Waals surface area contributed by atoms with Gasteiger partial charge in [0.1, 0.15) is 0 Å². The molecule has 1 atom stereocenters. The van der Waals surface area contributed by atoms with Gasteiger partial charge in [0.25, 0.3) is 0 Å². The molecule has 2 aromatic rings. The number of hydrogen-bond donors (Lipinski definition) is 1. The van der Waals surface area contributed by atoms with Crippen molar-refractivity contribution in [3.63, 3.8) is 0 Å². The van der Waals surface area contributed by atoms with E-state index in [1.165, 1.54) is 10.8 Å².